The Bertz CT molecular complexity index is 1190. The molecule has 1 aliphatic rings. The molecule has 3 N–H and O–H groups in total. The van der Waals surface area contributed by atoms with Gasteiger partial charge in [-0.1, -0.05) is 30.3 Å². The summed E-state index contributed by atoms with van der Waals surface area (Å²) in [6.45, 7) is 1.90. The molecule has 0 amide bonds. The van der Waals surface area contributed by atoms with E-state index < -0.39 is 5.92 Å². The van der Waals surface area contributed by atoms with Crippen LogP contribution in [0.4, 0.5) is 0 Å². The lowest BCUT2D eigenvalue weighted by Gasteiger charge is -2.26. The zero-order chi connectivity index (χ0) is 19.7. The summed E-state index contributed by atoms with van der Waals surface area (Å²) >= 11 is 3.02. The van der Waals surface area contributed by atoms with Gasteiger partial charge in [0.15, 0.2) is 4.96 Å². The minimum Gasteiger partial charge on any atom is -0.384 e. The summed E-state index contributed by atoms with van der Waals surface area (Å²) < 4.78 is 1.94. The van der Waals surface area contributed by atoms with Gasteiger partial charge in [-0.25, -0.2) is 4.98 Å². The van der Waals surface area contributed by atoms with Crippen LogP contribution in [0.1, 0.15) is 22.9 Å². The number of allylic oxidation sites excluding steroid dienone is 2. The van der Waals surface area contributed by atoms with E-state index in [-0.39, 0.29) is 5.82 Å². The SMILES string of the molecule is Cc1nc2sccn2c1C1C(C#N)=C(N)NC(SCc2ccccc2)=C1C#N. The Kier molecular flexibility index (Phi) is 4.82. The predicted octanol–water partition coefficient (Wildman–Crippen LogP) is 3.75. The lowest BCUT2D eigenvalue weighted by Crippen LogP contribution is -2.30. The zero-order valence-corrected chi connectivity index (χ0v) is 16.6. The Hall–Kier alpha value is -3.20. The average Bonchev–Trinajstić information content (AvgIpc) is 3.26. The number of thioether (sulfide) groups is 1. The van der Waals surface area contributed by atoms with Gasteiger partial charge in [0.1, 0.15) is 5.82 Å². The van der Waals surface area contributed by atoms with E-state index in [9.17, 15) is 10.5 Å². The second-order valence-electron chi connectivity index (χ2n) is 6.26. The van der Waals surface area contributed by atoms with Crippen molar-refractivity contribution in [1.29, 1.82) is 10.5 Å². The summed E-state index contributed by atoms with van der Waals surface area (Å²) in [4.78, 5) is 5.41. The minimum absolute atomic E-state index is 0.284. The van der Waals surface area contributed by atoms with Crippen LogP contribution in [0, 0.1) is 29.6 Å². The highest BCUT2D eigenvalue weighted by Gasteiger charge is 2.35. The summed E-state index contributed by atoms with van der Waals surface area (Å²) in [6.07, 6.45) is 1.91. The molecule has 3 heterocycles. The van der Waals surface area contributed by atoms with Crippen molar-refractivity contribution in [3.05, 3.63) is 80.9 Å². The minimum atomic E-state index is -0.542. The number of thiazole rings is 1. The first-order valence-corrected chi connectivity index (χ1v) is 10.4. The van der Waals surface area contributed by atoms with Crippen molar-refractivity contribution >= 4 is 28.1 Å². The standard InChI is InChI=1S/C20H16N6S2/c1-12-17(26-7-8-27-20(26)24-12)16-14(9-21)18(23)25-19(15(16)10-22)28-11-13-5-3-2-4-6-13/h2-8,16,25H,11,23H2,1H3. The molecule has 4 rings (SSSR count). The fourth-order valence-electron chi connectivity index (χ4n) is 3.30. The largest absolute Gasteiger partial charge is 0.384 e. The Morgan fingerprint density at radius 3 is 2.71 bits per heavy atom. The molecule has 1 unspecified atom stereocenters. The van der Waals surface area contributed by atoms with Crippen LogP contribution in [-0.2, 0) is 5.75 Å². The van der Waals surface area contributed by atoms with Crippen molar-refractivity contribution in [3.63, 3.8) is 0 Å². The molecule has 138 valence electrons. The molecule has 8 heteroatoms. The van der Waals surface area contributed by atoms with Crippen LogP contribution in [0.5, 0.6) is 0 Å². The molecule has 28 heavy (non-hydrogen) atoms. The summed E-state index contributed by atoms with van der Waals surface area (Å²) in [6, 6.07) is 14.5. The number of hydrogen-bond donors (Lipinski definition) is 2. The van der Waals surface area contributed by atoms with Crippen LogP contribution in [0.25, 0.3) is 4.96 Å². The number of imidazole rings is 1. The molecular weight excluding hydrogens is 388 g/mol. The maximum absolute atomic E-state index is 9.98. The number of dihydropyridines is 1. The van der Waals surface area contributed by atoms with Gasteiger partial charge in [0, 0.05) is 17.3 Å². The number of nitriles is 2. The van der Waals surface area contributed by atoms with Crippen LogP contribution in [0.15, 0.2) is 63.9 Å². The number of rotatable bonds is 4. The summed E-state index contributed by atoms with van der Waals surface area (Å²) in [5.74, 6) is 0.431. The fraction of sp³-hybridized carbons (Fsp3) is 0.150. The van der Waals surface area contributed by atoms with Gasteiger partial charge >= 0.3 is 0 Å². The second kappa shape index (κ2) is 7.43. The molecule has 2 aromatic heterocycles. The summed E-state index contributed by atoms with van der Waals surface area (Å²) in [7, 11) is 0. The third-order valence-electron chi connectivity index (χ3n) is 4.58. The topological polar surface area (TPSA) is 103 Å². The van der Waals surface area contributed by atoms with E-state index in [2.05, 4.69) is 22.4 Å². The van der Waals surface area contributed by atoms with Crippen LogP contribution in [0.2, 0.25) is 0 Å². The smallest absolute Gasteiger partial charge is 0.194 e. The number of hydrogen-bond acceptors (Lipinski definition) is 7. The molecule has 0 saturated carbocycles. The molecule has 1 atom stereocenters. The van der Waals surface area contributed by atoms with Crippen LogP contribution in [0.3, 0.4) is 0 Å². The first kappa shape index (κ1) is 18.2. The number of aromatic nitrogens is 2. The molecule has 1 aliphatic heterocycles. The molecule has 0 fully saturated rings. The maximum Gasteiger partial charge on any atom is 0.194 e. The number of benzene rings is 1. The lowest BCUT2D eigenvalue weighted by molar-refractivity contribution is 0.804. The Morgan fingerprint density at radius 2 is 2.00 bits per heavy atom. The molecule has 6 nitrogen and oxygen atoms in total. The van der Waals surface area contributed by atoms with E-state index in [4.69, 9.17) is 5.73 Å². The third kappa shape index (κ3) is 3.03. The normalized spacial score (nSPS) is 16.8. The lowest BCUT2D eigenvalue weighted by atomic mass is 9.86. The van der Waals surface area contributed by atoms with Gasteiger partial charge in [-0.2, -0.15) is 10.5 Å². The Morgan fingerprint density at radius 1 is 1.25 bits per heavy atom. The van der Waals surface area contributed by atoms with E-state index in [1.54, 1.807) is 0 Å². The van der Waals surface area contributed by atoms with Gasteiger partial charge in [-0.3, -0.25) is 4.40 Å². The van der Waals surface area contributed by atoms with E-state index in [1.165, 1.54) is 23.1 Å². The van der Waals surface area contributed by atoms with Gasteiger partial charge in [0.05, 0.1) is 45.6 Å². The van der Waals surface area contributed by atoms with E-state index in [0.29, 0.717) is 21.9 Å². The van der Waals surface area contributed by atoms with Crippen molar-refractivity contribution in [2.24, 2.45) is 5.73 Å². The van der Waals surface area contributed by atoms with Gasteiger partial charge in [-0.15, -0.1) is 23.1 Å². The number of nitrogens with one attached hydrogen (secondary N) is 1. The van der Waals surface area contributed by atoms with Crippen molar-refractivity contribution in [3.8, 4) is 12.1 Å². The molecular formula is C20H16N6S2. The highest BCUT2D eigenvalue weighted by atomic mass is 32.2. The third-order valence-corrected chi connectivity index (χ3v) is 6.43. The van der Waals surface area contributed by atoms with Gasteiger partial charge in [-0.05, 0) is 12.5 Å². The number of nitrogens with zero attached hydrogens (tertiary/aromatic N) is 4. The Balaban J connectivity index is 1.81. The molecule has 0 saturated heterocycles. The number of nitrogens with two attached hydrogens (primary N) is 1. The molecule has 0 spiro atoms. The molecule has 3 aromatic rings. The van der Waals surface area contributed by atoms with Crippen LogP contribution < -0.4 is 11.1 Å². The molecule has 0 radical (unpaired) electrons. The van der Waals surface area contributed by atoms with Crippen molar-refractivity contribution in [1.82, 2.24) is 14.7 Å². The first-order chi connectivity index (χ1) is 13.6. The monoisotopic (exact) mass is 404 g/mol. The Labute approximate surface area is 170 Å². The van der Waals surface area contributed by atoms with E-state index in [1.807, 2.05) is 53.2 Å². The number of aryl methyl sites for hydroxylation is 1. The van der Waals surface area contributed by atoms with Gasteiger partial charge in [0.25, 0.3) is 0 Å². The second-order valence-corrected chi connectivity index (χ2v) is 8.12. The van der Waals surface area contributed by atoms with Crippen LogP contribution in [-0.4, -0.2) is 9.38 Å². The van der Waals surface area contributed by atoms with Crippen molar-refractivity contribution in [2.75, 3.05) is 0 Å². The molecule has 1 aromatic carbocycles. The summed E-state index contributed by atoms with van der Waals surface area (Å²) in [5, 5.41) is 25.4. The summed E-state index contributed by atoms with van der Waals surface area (Å²) in [5.41, 5.74) is 9.77. The van der Waals surface area contributed by atoms with Crippen molar-refractivity contribution in [2.45, 2.75) is 18.6 Å². The average molecular weight is 405 g/mol. The fourth-order valence-corrected chi connectivity index (χ4v) is 5.08. The molecule has 0 aliphatic carbocycles. The first-order valence-electron chi connectivity index (χ1n) is 8.53. The highest BCUT2D eigenvalue weighted by molar-refractivity contribution is 8.02. The maximum atomic E-state index is 9.98. The van der Waals surface area contributed by atoms with E-state index in [0.717, 1.165) is 21.9 Å². The van der Waals surface area contributed by atoms with E-state index >= 15 is 0 Å². The predicted molar refractivity (Wildman–Crippen MR) is 111 cm³/mol. The molecule has 0 bridgehead atoms. The van der Waals surface area contributed by atoms with Crippen molar-refractivity contribution < 1.29 is 0 Å². The van der Waals surface area contributed by atoms with Gasteiger partial charge in [0.2, 0.25) is 0 Å². The highest BCUT2D eigenvalue weighted by Crippen LogP contribution is 2.41. The zero-order valence-electron chi connectivity index (χ0n) is 15.0. The number of fused-ring (bicyclic) bond motifs is 1. The van der Waals surface area contributed by atoms with Crippen LogP contribution >= 0.6 is 23.1 Å². The van der Waals surface area contributed by atoms with Gasteiger partial charge < -0.3 is 11.1 Å². The quantitative estimate of drug-likeness (QED) is 0.686.